The molecule has 2 amide bonds. The maximum Gasteiger partial charge on any atom is 0.240 e. The van der Waals surface area contributed by atoms with Crippen LogP contribution in [-0.2, 0) is 22.7 Å². The molecule has 0 unspecified atom stereocenters. The molecule has 3 N–H and O–H groups in total. The summed E-state index contributed by atoms with van der Waals surface area (Å²) >= 11 is 1.11. The lowest BCUT2D eigenvalue weighted by molar-refractivity contribution is -0.121. The zero-order valence-corrected chi connectivity index (χ0v) is 15.2. The van der Waals surface area contributed by atoms with Crippen LogP contribution >= 0.6 is 11.8 Å². The molecule has 1 aromatic heterocycles. The van der Waals surface area contributed by atoms with Gasteiger partial charge in [0.15, 0.2) is 5.16 Å². The molecule has 140 valence electrons. The molecule has 0 aliphatic heterocycles. The largest absolute Gasteiger partial charge is 0.390 e. The molecular weight excluding hydrogens is 359 g/mol. The predicted octanol–water partition coefficient (Wildman–Crippen LogP) is 1.77. The van der Waals surface area contributed by atoms with E-state index in [-0.39, 0.29) is 30.5 Å². The monoisotopic (exact) mass is 380 g/mol. The van der Waals surface area contributed by atoms with E-state index in [1.54, 1.807) is 10.6 Å². The van der Waals surface area contributed by atoms with Gasteiger partial charge in [-0.15, -0.1) is 0 Å². The first-order valence-electron chi connectivity index (χ1n) is 8.14. The molecule has 7 nitrogen and oxygen atoms in total. The average Bonchev–Trinajstić information content (AvgIpc) is 3.01. The van der Waals surface area contributed by atoms with Crippen molar-refractivity contribution in [3.8, 4) is 0 Å². The predicted molar refractivity (Wildman–Crippen MR) is 97.2 cm³/mol. The van der Waals surface area contributed by atoms with Crippen molar-refractivity contribution in [2.45, 2.75) is 31.7 Å². The van der Waals surface area contributed by atoms with Gasteiger partial charge in [0.05, 0.1) is 29.9 Å². The van der Waals surface area contributed by atoms with Gasteiger partial charge in [-0.25, -0.2) is 9.37 Å². The lowest BCUT2D eigenvalue weighted by Gasteiger charge is -2.11. The number of amides is 2. The molecule has 0 radical (unpaired) electrons. The van der Waals surface area contributed by atoms with E-state index < -0.39 is 11.7 Å². The molecule has 2 aromatic rings. The van der Waals surface area contributed by atoms with Crippen LogP contribution in [0.15, 0.2) is 35.6 Å². The van der Waals surface area contributed by atoms with Crippen molar-refractivity contribution in [2.75, 3.05) is 17.6 Å². The lowest BCUT2D eigenvalue weighted by Crippen LogP contribution is -2.29. The molecule has 9 heteroatoms. The maximum absolute atomic E-state index is 13.6. The van der Waals surface area contributed by atoms with Crippen LogP contribution in [0.1, 0.15) is 19.0 Å². The van der Waals surface area contributed by atoms with E-state index in [4.69, 9.17) is 0 Å². The molecule has 0 aliphatic rings. The van der Waals surface area contributed by atoms with Crippen molar-refractivity contribution in [1.29, 1.82) is 0 Å². The number of aliphatic hydroxyl groups excluding tert-OH is 1. The number of benzene rings is 1. The van der Waals surface area contributed by atoms with Crippen molar-refractivity contribution in [3.05, 3.63) is 42.0 Å². The number of aromatic nitrogens is 2. The zero-order chi connectivity index (χ0) is 18.9. The van der Waals surface area contributed by atoms with E-state index in [0.29, 0.717) is 17.4 Å². The number of halogens is 1. The fourth-order valence-electron chi connectivity index (χ4n) is 2.15. The van der Waals surface area contributed by atoms with E-state index in [2.05, 4.69) is 15.6 Å². The number of rotatable bonds is 9. The second-order valence-electron chi connectivity index (χ2n) is 5.44. The smallest absolute Gasteiger partial charge is 0.240 e. The van der Waals surface area contributed by atoms with Gasteiger partial charge in [-0.2, -0.15) is 0 Å². The SMILES string of the molecule is CCCNC(=O)Cn1c(CO)cnc1SCC(=O)Nc1ccccc1F. The van der Waals surface area contributed by atoms with Crippen LogP contribution in [0.2, 0.25) is 0 Å². The number of nitrogens with zero attached hydrogens (tertiary/aromatic N) is 2. The fourth-order valence-corrected chi connectivity index (χ4v) is 2.94. The molecule has 2 rings (SSSR count). The van der Waals surface area contributed by atoms with E-state index in [0.717, 1.165) is 18.2 Å². The topological polar surface area (TPSA) is 96.2 Å². The maximum atomic E-state index is 13.6. The number of thioether (sulfide) groups is 1. The number of para-hydroxylation sites is 1. The zero-order valence-electron chi connectivity index (χ0n) is 14.4. The number of hydrogen-bond acceptors (Lipinski definition) is 5. The number of hydrogen-bond donors (Lipinski definition) is 3. The Labute approximate surface area is 155 Å². The second kappa shape index (κ2) is 9.93. The fraction of sp³-hybridized carbons (Fsp3) is 0.353. The van der Waals surface area contributed by atoms with Crippen molar-refractivity contribution in [2.24, 2.45) is 0 Å². The Morgan fingerprint density at radius 3 is 2.77 bits per heavy atom. The Morgan fingerprint density at radius 1 is 1.31 bits per heavy atom. The van der Waals surface area contributed by atoms with Crippen molar-refractivity contribution in [1.82, 2.24) is 14.9 Å². The Balaban J connectivity index is 1.98. The van der Waals surface area contributed by atoms with Crippen molar-refractivity contribution < 1.29 is 19.1 Å². The molecule has 0 atom stereocenters. The highest BCUT2D eigenvalue weighted by Crippen LogP contribution is 2.20. The molecule has 0 spiro atoms. The van der Waals surface area contributed by atoms with Gasteiger partial charge in [0.25, 0.3) is 0 Å². The van der Waals surface area contributed by atoms with E-state index in [9.17, 15) is 19.1 Å². The molecule has 0 saturated carbocycles. The summed E-state index contributed by atoms with van der Waals surface area (Å²) in [6.07, 6.45) is 2.28. The summed E-state index contributed by atoms with van der Waals surface area (Å²) in [5.74, 6) is -1.11. The number of imidazole rings is 1. The average molecular weight is 380 g/mol. The highest BCUT2D eigenvalue weighted by Gasteiger charge is 2.15. The van der Waals surface area contributed by atoms with Crippen LogP contribution in [-0.4, -0.2) is 38.8 Å². The van der Waals surface area contributed by atoms with Crippen LogP contribution in [0.4, 0.5) is 10.1 Å². The molecule has 0 bridgehead atoms. The number of carbonyl (C=O) groups excluding carboxylic acids is 2. The van der Waals surface area contributed by atoms with Gasteiger partial charge in [0, 0.05) is 6.54 Å². The minimum absolute atomic E-state index is 0.00710. The van der Waals surface area contributed by atoms with Crippen molar-refractivity contribution >= 4 is 29.3 Å². The molecule has 26 heavy (non-hydrogen) atoms. The van der Waals surface area contributed by atoms with Gasteiger partial charge in [0.2, 0.25) is 11.8 Å². The summed E-state index contributed by atoms with van der Waals surface area (Å²) in [6, 6.07) is 5.90. The Bertz CT molecular complexity index is 766. The van der Waals surface area contributed by atoms with Crippen LogP contribution in [0, 0.1) is 5.82 Å². The Hall–Kier alpha value is -2.39. The lowest BCUT2D eigenvalue weighted by atomic mass is 10.3. The summed E-state index contributed by atoms with van der Waals surface area (Å²) in [4.78, 5) is 28.1. The van der Waals surface area contributed by atoms with Crippen LogP contribution in [0.5, 0.6) is 0 Å². The second-order valence-corrected chi connectivity index (χ2v) is 6.39. The van der Waals surface area contributed by atoms with Gasteiger partial charge in [0.1, 0.15) is 12.4 Å². The Morgan fingerprint density at radius 2 is 2.08 bits per heavy atom. The summed E-state index contributed by atoms with van der Waals surface area (Å²) in [5, 5.41) is 15.1. The number of aliphatic hydroxyl groups is 1. The minimum atomic E-state index is -0.512. The van der Waals surface area contributed by atoms with E-state index in [1.165, 1.54) is 24.4 Å². The summed E-state index contributed by atoms with van der Waals surface area (Å²) in [5.41, 5.74) is 0.588. The molecule has 1 heterocycles. The third kappa shape index (κ3) is 5.57. The summed E-state index contributed by atoms with van der Waals surface area (Å²) < 4.78 is 15.1. The quantitative estimate of drug-likeness (QED) is 0.576. The summed E-state index contributed by atoms with van der Waals surface area (Å²) in [6.45, 7) is 2.25. The minimum Gasteiger partial charge on any atom is -0.390 e. The Kier molecular flexibility index (Phi) is 7.61. The van der Waals surface area contributed by atoms with Gasteiger partial charge >= 0.3 is 0 Å². The number of nitrogens with one attached hydrogen (secondary N) is 2. The number of anilines is 1. The summed E-state index contributed by atoms with van der Waals surface area (Å²) in [7, 11) is 0. The third-order valence-corrected chi connectivity index (χ3v) is 4.41. The standard InChI is InChI=1S/C17H21FN4O3S/c1-2-7-19-15(24)9-22-12(10-23)8-20-17(22)26-11-16(25)21-14-6-4-3-5-13(14)18/h3-6,8,23H,2,7,9-11H2,1H3,(H,19,24)(H,21,25). The van der Waals surface area contributed by atoms with E-state index >= 15 is 0 Å². The van der Waals surface area contributed by atoms with Gasteiger partial charge < -0.3 is 20.3 Å². The van der Waals surface area contributed by atoms with Gasteiger partial charge in [-0.1, -0.05) is 30.8 Å². The van der Waals surface area contributed by atoms with E-state index in [1.807, 2.05) is 6.92 Å². The highest BCUT2D eigenvalue weighted by atomic mass is 32.2. The first-order chi connectivity index (χ1) is 12.5. The molecule has 0 saturated heterocycles. The molecular formula is C17H21FN4O3S. The third-order valence-electron chi connectivity index (χ3n) is 3.42. The molecule has 0 aliphatic carbocycles. The van der Waals surface area contributed by atoms with Gasteiger partial charge in [-0.05, 0) is 18.6 Å². The first-order valence-corrected chi connectivity index (χ1v) is 9.12. The van der Waals surface area contributed by atoms with Gasteiger partial charge in [-0.3, -0.25) is 9.59 Å². The van der Waals surface area contributed by atoms with Crippen molar-refractivity contribution in [3.63, 3.8) is 0 Å². The van der Waals surface area contributed by atoms with Crippen LogP contribution < -0.4 is 10.6 Å². The van der Waals surface area contributed by atoms with Crippen LogP contribution in [0.25, 0.3) is 0 Å². The van der Waals surface area contributed by atoms with Crippen LogP contribution in [0.3, 0.4) is 0 Å². The number of carbonyl (C=O) groups is 2. The molecule has 0 fully saturated rings. The first kappa shape index (κ1) is 19.9. The highest BCUT2D eigenvalue weighted by molar-refractivity contribution is 7.99. The molecule has 1 aromatic carbocycles. The normalized spacial score (nSPS) is 10.6.